The fourth-order valence-electron chi connectivity index (χ4n) is 2.81. The quantitative estimate of drug-likeness (QED) is 0.493. The first kappa shape index (κ1) is 17.3. The van der Waals surface area contributed by atoms with Crippen LogP contribution in [0.3, 0.4) is 0 Å². The van der Waals surface area contributed by atoms with Crippen LogP contribution in [0.15, 0.2) is 76.3 Å². The molecule has 0 atom stereocenters. The Bertz CT molecular complexity index is 1100. The summed E-state index contributed by atoms with van der Waals surface area (Å²) in [5.74, 6) is 1.23. The molecular formula is C21H17N3O2S. The van der Waals surface area contributed by atoms with Crippen molar-refractivity contribution >= 4 is 34.3 Å². The number of hydrogen-bond donors (Lipinski definition) is 1. The Balaban J connectivity index is 1.56. The van der Waals surface area contributed by atoms with E-state index in [0.29, 0.717) is 17.0 Å². The molecule has 2 aromatic carbocycles. The number of hydrogen-bond acceptors (Lipinski definition) is 5. The van der Waals surface area contributed by atoms with E-state index in [1.165, 1.54) is 0 Å². The van der Waals surface area contributed by atoms with Gasteiger partial charge in [-0.2, -0.15) is 0 Å². The lowest BCUT2D eigenvalue weighted by molar-refractivity contribution is 0.102. The predicted octanol–water partition coefficient (Wildman–Crippen LogP) is 5.08. The Hall–Kier alpha value is -3.12. The summed E-state index contributed by atoms with van der Waals surface area (Å²) in [6, 6.07) is 19.0. The van der Waals surface area contributed by atoms with Gasteiger partial charge in [-0.25, -0.2) is 0 Å². The van der Waals surface area contributed by atoms with Crippen molar-refractivity contribution in [2.45, 2.75) is 17.6 Å². The normalized spacial score (nSPS) is 10.9. The average molecular weight is 375 g/mol. The van der Waals surface area contributed by atoms with E-state index in [1.54, 1.807) is 18.0 Å². The zero-order valence-electron chi connectivity index (χ0n) is 14.7. The van der Waals surface area contributed by atoms with E-state index in [0.717, 1.165) is 27.3 Å². The van der Waals surface area contributed by atoms with E-state index >= 15 is 0 Å². The van der Waals surface area contributed by atoms with Crippen LogP contribution >= 0.6 is 11.8 Å². The first-order valence-corrected chi connectivity index (χ1v) is 9.48. The Labute approximate surface area is 160 Å². The lowest BCUT2D eigenvalue weighted by atomic mass is 10.1. The molecule has 4 rings (SSSR count). The van der Waals surface area contributed by atoms with Crippen LogP contribution in [-0.4, -0.2) is 16.0 Å². The number of carbonyl (C=O) groups excluding carboxylic acids is 1. The third-order valence-corrected chi connectivity index (χ3v) is 5.16. The maximum Gasteiger partial charge on any atom is 0.256 e. The van der Waals surface area contributed by atoms with Crippen molar-refractivity contribution < 1.29 is 9.32 Å². The van der Waals surface area contributed by atoms with Gasteiger partial charge >= 0.3 is 0 Å². The van der Waals surface area contributed by atoms with E-state index < -0.39 is 0 Å². The number of para-hydroxylation sites is 1. The molecule has 134 valence electrons. The molecule has 0 bridgehead atoms. The highest BCUT2D eigenvalue weighted by molar-refractivity contribution is 7.98. The van der Waals surface area contributed by atoms with Crippen molar-refractivity contribution in [2.75, 3.05) is 5.32 Å². The molecule has 4 aromatic rings. The number of aryl methyl sites for hydroxylation is 1. The SMILES string of the molecule is Cc1cc(CSc2ccccc2C(=O)Nc2cccc3cccnc23)on1. The molecule has 0 radical (unpaired) electrons. The molecule has 1 amide bonds. The predicted molar refractivity (Wildman–Crippen MR) is 107 cm³/mol. The monoisotopic (exact) mass is 375 g/mol. The molecule has 2 aromatic heterocycles. The molecule has 27 heavy (non-hydrogen) atoms. The molecule has 1 N–H and O–H groups in total. The number of fused-ring (bicyclic) bond motifs is 1. The van der Waals surface area contributed by atoms with Gasteiger partial charge in [0.15, 0.2) is 0 Å². The van der Waals surface area contributed by atoms with Gasteiger partial charge in [-0.15, -0.1) is 11.8 Å². The van der Waals surface area contributed by atoms with Gasteiger partial charge in [-0.3, -0.25) is 9.78 Å². The Kier molecular flexibility index (Phi) is 4.89. The highest BCUT2D eigenvalue weighted by Crippen LogP contribution is 2.28. The fraction of sp³-hybridized carbons (Fsp3) is 0.0952. The van der Waals surface area contributed by atoms with Crippen molar-refractivity contribution in [1.82, 2.24) is 10.1 Å². The van der Waals surface area contributed by atoms with Crippen molar-refractivity contribution in [2.24, 2.45) is 0 Å². The lowest BCUT2D eigenvalue weighted by Gasteiger charge is -2.11. The highest BCUT2D eigenvalue weighted by atomic mass is 32.2. The summed E-state index contributed by atoms with van der Waals surface area (Å²) in [6.07, 6.45) is 1.72. The number of pyridine rings is 1. The minimum atomic E-state index is -0.162. The smallest absolute Gasteiger partial charge is 0.256 e. The van der Waals surface area contributed by atoms with Gasteiger partial charge in [-0.05, 0) is 31.2 Å². The topological polar surface area (TPSA) is 68.0 Å². The van der Waals surface area contributed by atoms with Crippen LogP contribution in [0, 0.1) is 6.92 Å². The van der Waals surface area contributed by atoms with Gasteiger partial charge in [-0.1, -0.05) is 35.5 Å². The maximum absolute atomic E-state index is 12.9. The zero-order valence-corrected chi connectivity index (χ0v) is 15.5. The molecule has 0 spiro atoms. The minimum Gasteiger partial charge on any atom is -0.360 e. The second-order valence-electron chi connectivity index (χ2n) is 6.05. The maximum atomic E-state index is 12.9. The van der Waals surface area contributed by atoms with Crippen molar-refractivity contribution in [3.63, 3.8) is 0 Å². The number of benzene rings is 2. The number of nitrogens with one attached hydrogen (secondary N) is 1. The van der Waals surface area contributed by atoms with Gasteiger partial charge in [0.2, 0.25) is 0 Å². The first-order valence-electron chi connectivity index (χ1n) is 8.50. The van der Waals surface area contributed by atoms with Gasteiger partial charge in [0.05, 0.1) is 28.2 Å². The summed E-state index contributed by atoms with van der Waals surface area (Å²) in [5.41, 5.74) is 2.94. The Morgan fingerprint density at radius 1 is 1.11 bits per heavy atom. The molecule has 0 saturated carbocycles. The average Bonchev–Trinajstić information content (AvgIpc) is 3.12. The highest BCUT2D eigenvalue weighted by Gasteiger charge is 2.14. The summed E-state index contributed by atoms with van der Waals surface area (Å²) in [4.78, 5) is 18.2. The molecule has 0 aliphatic rings. The zero-order chi connectivity index (χ0) is 18.6. The number of rotatable bonds is 5. The van der Waals surface area contributed by atoms with E-state index in [1.807, 2.05) is 67.6 Å². The van der Waals surface area contributed by atoms with Crippen LogP contribution in [0.1, 0.15) is 21.8 Å². The third kappa shape index (κ3) is 3.85. The molecule has 5 nitrogen and oxygen atoms in total. The van der Waals surface area contributed by atoms with Crippen LogP contribution < -0.4 is 5.32 Å². The minimum absolute atomic E-state index is 0.162. The van der Waals surface area contributed by atoms with Crippen LogP contribution in [-0.2, 0) is 5.75 Å². The van der Waals surface area contributed by atoms with Crippen LogP contribution in [0.4, 0.5) is 5.69 Å². The number of amides is 1. The van der Waals surface area contributed by atoms with E-state index in [9.17, 15) is 4.79 Å². The Morgan fingerprint density at radius 2 is 1.96 bits per heavy atom. The summed E-state index contributed by atoms with van der Waals surface area (Å²) >= 11 is 1.55. The van der Waals surface area contributed by atoms with Crippen LogP contribution in [0.5, 0.6) is 0 Å². The molecule has 0 aliphatic carbocycles. The molecule has 6 heteroatoms. The standard InChI is InChI=1S/C21H17N3O2S/c1-14-12-16(26-24-14)13-27-19-10-3-2-8-17(19)21(25)23-18-9-4-6-15-7-5-11-22-20(15)18/h2-12H,13H2,1H3,(H,23,25). The summed E-state index contributed by atoms with van der Waals surface area (Å²) in [5, 5.41) is 7.87. The van der Waals surface area contributed by atoms with Crippen molar-refractivity contribution in [1.29, 1.82) is 0 Å². The molecule has 0 saturated heterocycles. The number of aromatic nitrogens is 2. The second kappa shape index (κ2) is 7.63. The second-order valence-corrected chi connectivity index (χ2v) is 7.07. The molecule has 2 heterocycles. The van der Waals surface area contributed by atoms with E-state index in [2.05, 4.69) is 15.5 Å². The number of thioether (sulfide) groups is 1. The van der Waals surface area contributed by atoms with E-state index in [-0.39, 0.29) is 5.91 Å². The Morgan fingerprint density at radius 3 is 2.81 bits per heavy atom. The summed E-state index contributed by atoms with van der Waals surface area (Å²) < 4.78 is 5.25. The van der Waals surface area contributed by atoms with E-state index in [4.69, 9.17) is 4.52 Å². The number of carbonyl (C=O) groups is 1. The van der Waals surface area contributed by atoms with Crippen LogP contribution in [0.25, 0.3) is 10.9 Å². The summed E-state index contributed by atoms with van der Waals surface area (Å²) in [7, 11) is 0. The third-order valence-electron chi connectivity index (χ3n) is 4.06. The summed E-state index contributed by atoms with van der Waals surface area (Å²) in [6.45, 7) is 1.89. The number of nitrogens with zero attached hydrogens (tertiary/aromatic N) is 2. The van der Waals surface area contributed by atoms with Crippen molar-refractivity contribution in [3.8, 4) is 0 Å². The van der Waals surface area contributed by atoms with Gasteiger partial charge < -0.3 is 9.84 Å². The van der Waals surface area contributed by atoms with Gasteiger partial charge in [0, 0.05) is 22.5 Å². The fourth-order valence-corrected chi connectivity index (χ4v) is 3.73. The van der Waals surface area contributed by atoms with Gasteiger partial charge in [0.25, 0.3) is 5.91 Å². The van der Waals surface area contributed by atoms with Crippen LogP contribution in [0.2, 0.25) is 0 Å². The molecule has 0 aliphatic heterocycles. The number of anilines is 1. The molecular weight excluding hydrogens is 358 g/mol. The molecule has 0 fully saturated rings. The van der Waals surface area contributed by atoms with Gasteiger partial charge in [0.1, 0.15) is 5.76 Å². The lowest BCUT2D eigenvalue weighted by Crippen LogP contribution is -2.13. The molecule has 0 unspecified atom stereocenters. The largest absolute Gasteiger partial charge is 0.360 e. The first-order chi connectivity index (χ1) is 13.2. The van der Waals surface area contributed by atoms with Crippen molar-refractivity contribution in [3.05, 3.63) is 83.9 Å².